The third-order valence-electron chi connectivity index (χ3n) is 1.46. The van der Waals surface area contributed by atoms with Crippen molar-refractivity contribution in [3.63, 3.8) is 0 Å². The minimum Gasteiger partial charge on any atom is -0.258 e. The number of hydrogen-bond acceptors (Lipinski definition) is 4. The van der Waals surface area contributed by atoms with Gasteiger partial charge in [0.15, 0.2) is 0 Å². The maximum absolute atomic E-state index is 10.4. The van der Waals surface area contributed by atoms with Gasteiger partial charge in [-0.25, -0.2) is 4.98 Å². The number of nitro groups is 1. The maximum Gasteiger partial charge on any atom is 0.273 e. The van der Waals surface area contributed by atoms with Gasteiger partial charge in [-0.05, 0) is 6.42 Å². The SMILES string of the molecule is O=[N+]([O-])c1ccnc(SCCCCl)c1. The molecule has 0 aliphatic heterocycles. The highest BCUT2D eigenvalue weighted by Gasteiger charge is 2.06. The van der Waals surface area contributed by atoms with Crippen molar-refractivity contribution in [2.45, 2.75) is 11.4 Å². The second kappa shape index (κ2) is 5.82. The van der Waals surface area contributed by atoms with E-state index in [4.69, 9.17) is 11.6 Å². The lowest BCUT2D eigenvalue weighted by atomic mass is 10.4. The number of halogens is 1. The average Bonchev–Trinajstić information content (AvgIpc) is 2.19. The molecule has 0 aliphatic carbocycles. The van der Waals surface area contributed by atoms with Crippen LogP contribution >= 0.6 is 23.4 Å². The molecule has 1 aromatic heterocycles. The van der Waals surface area contributed by atoms with Crippen molar-refractivity contribution in [3.05, 3.63) is 28.4 Å². The number of hydrogen-bond donors (Lipinski definition) is 0. The van der Waals surface area contributed by atoms with E-state index in [9.17, 15) is 10.1 Å². The summed E-state index contributed by atoms with van der Waals surface area (Å²) < 4.78 is 0. The highest BCUT2D eigenvalue weighted by Crippen LogP contribution is 2.20. The van der Waals surface area contributed by atoms with Crippen LogP contribution in [0.15, 0.2) is 23.4 Å². The van der Waals surface area contributed by atoms with Crippen LogP contribution in [0, 0.1) is 10.1 Å². The Morgan fingerprint density at radius 3 is 3.07 bits per heavy atom. The normalized spacial score (nSPS) is 10.1. The molecule has 0 radical (unpaired) electrons. The largest absolute Gasteiger partial charge is 0.273 e. The fourth-order valence-corrected chi connectivity index (χ4v) is 1.95. The molecular formula is C8H9ClN2O2S. The Bertz CT molecular complexity index is 322. The number of thioether (sulfide) groups is 1. The zero-order valence-corrected chi connectivity index (χ0v) is 8.92. The first-order valence-corrected chi connectivity index (χ1v) is 5.55. The molecule has 0 spiro atoms. The second-order valence-electron chi connectivity index (χ2n) is 2.50. The molecule has 0 atom stereocenters. The van der Waals surface area contributed by atoms with Crippen LogP contribution in [0.5, 0.6) is 0 Å². The first kappa shape index (κ1) is 11.3. The minimum absolute atomic E-state index is 0.0772. The zero-order chi connectivity index (χ0) is 10.4. The van der Waals surface area contributed by atoms with Gasteiger partial charge < -0.3 is 0 Å². The molecule has 0 fully saturated rings. The summed E-state index contributed by atoms with van der Waals surface area (Å²) in [6.07, 6.45) is 2.32. The molecule has 0 saturated carbocycles. The second-order valence-corrected chi connectivity index (χ2v) is 3.99. The van der Waals surface area contributed by atoms with Gasteiger partial charge in [-0.3, -0.25) is 10.1 Å². The van der Waals surface area contributed by atoms with Crippen molar-refractivity contribution in [1.82, 2.24) is 4.98 Å². The van der Waals surface area contributed by atoms with E-state index in [1.165, 1.54) is 30.1 Å². The van der Waals surface area contributed by atoms with E-state index in [1.54, 1.807) is 0 Å². The van der Waals surface area contributed by atoms with Crippen molar-refractivity contribution >= 4 is 29.1 Å². The Hall–Kier alpha value is -0.810. The van der Waals surface area contributed by atoms with Crippen LogP contribution in [0.25, 0.3) is 0 Å². The van der Waals surface area contributed by atoms with Crippen LogP contribution in [-0.4, -0.2) is 21.5 Å². The zero-order valence-electron chi connectivity index (χ0n) is 7.35. The summed E-state index contributed by atoms with van der Waals surface area (Å²) in [7, 11) is 0. The van der Waals surface area contributed by atoms with E-state index in [0.29, 0.717) is 10.9 Å². The molecule has 0 N–H and O–H groups in total. The minimum atomic E-state index is -0.423. The van der Waals surface area contributed by atoms with Crippen LogP contribution < -0.4 is 0 Å². The lowest BCUT2D eigenvalue weighted by Crippen LogP contribution is -1.90. The van der Waals surface area contributed by atoms with Crippen LogP contribution in [-0.2, 0) is 0 Å². The number of nitrogens with zero attached hydrogens (tertiary/aromatic N) is 2. The fraction of sp³-hybridized carbons (Fsp3) is 0.375. The number of alkyl halides is 1. The van der Waals surface area contributed by atoms with E-state index in [0.717, 1.165) is 12.2 Å². The lowest BCUT2D eigenvalue weighted by Gasteiger charge is -1.98. The van der Waals surface area contributed by atoms with Gasteiger partial charge in [-0.1, -0.05) is 0 Å². The van der Waals surface area contributed by atoms with Gasteiger partial charge in [0, 0.05) is 30.0 Å². The molecule has 0 amide bonds. The summed E-state index contributed by atoms with van der Waals surface area (Å²) >= 11 is 6.98. The molecular weight excluding hydrogens is 224 g/mol. The predicted molar refractivity (Wildman–Crippen MR) is 57.0 cm³/mol. The quantitative estimate of drug-likeness (QED) is 0.258. The van der Waals surface area contributed by atoms with Gasteiger partial charge in [0.05, 0.1) is 4.92 Å². The van der Waals surface area contributed by atoms with Gasteiger partial charge in [0.1, 0.15) is 5.03 Å². The van der Waals surface area contributed by atoms with Crippen LogP contribution in [0.4, 0.5) is 5.69 Å². The van der Waals surface area contributed by atoms with E-state index < -0.39 is 4.92 Å². The van der Waals surface area contributed by atoms with Crippen molar-refractivity contribution in [2.24, 2.45) is 0 Å². The molecule has 0 unspecified atom stereocenters. The molecule has 0 bridgehead atoms. The number of aromatic nitrogens is 1. The van der Waals surface area contributed by atoms with Crippen molar-refractivity contribution in [3.8, 4) is 0 Å². The smallest absolute Gasteiger partial charge is 0.258 e. The summed E-state index contributed by atoms with van der Waals surface area (Å²) in [4.78, 5) is 14.0. The molecule has 4 nitrogen and oxygen atoms in total. The van der Waals surface area contributed by atoms with Crippen molar-refractivity contribution in [1.29, 1.82) is 0 Å². The van der Waals surface area contributed by atoms with Gasteiger partial charge in [0.25, 0.3) is 5.69 Å². The molecule has 1 heterocycles. The Labute approximate surface area is 90.8 Å². The molecule has 14 heavy (non-hydrogen) atoms. The Kier molecular flexibility index (Phi) is 4.69. The lowest BCUT2D eigenvalue weighted by molar-refractivity contribution is -0.385. The Morgan fingerprint density at radius 1 is 1.64 bits per heavy atom. The molecule has 6 heteroatoms. The molecule has 0 saturated heterocycles. The maximum atomic E-state index is 10.4. The number of pyridine rings is 1. The topological polar surface area (TPSA) is 56.0 Å². The Balaban J connectivity index is 2.59. The van der Waals surface area contributed by atoms with E-state index in [-0.39, 0.29) is 5.69 Å². The van der Waals surface area contributed by atoms with E-state index >= 15 is 0 Å². The molecule has 76 valence electrons. The van der Waals surface area contributed by atoms with Gasteiger partial charge in [0.2, 0.25) is 0 Å². The standard InChI is InChI=1S/C8H9ClN2O2S/c9-3-1-5-14-8-6-7(11(12)13)2-4-10-8/h2,4,6H,1,3,5H2. The average molecular weight is 233 g/mol. The van der Waals surface area contributed by atoms with E-state index in [1.807, 2.05) is 0 Å². The summed E-state index contributed by atoms with van der Waals surface area (Å²) in [6.45, 7) is 0. The Morgan fingerprint density at radius 2 is 2.43 bits per heavy atom. The molecule has 1 aromatic rings. The van der Waals surface area contributed by atoms with Gasteiger partial charge in [-0.15, -0.1) is 23.4 Å². The molecule has 0 aliphatic rings. The first-order valence-electron chi connectivity index (χ1n) is 4.03. The van der Waals surface area contributed by atoms with Crippen molar-refractivity contribution < 1.29 is 4.92 Å². The third-order valence-corrected chi connectivity index (χ3v) is 2.74. The molecule has 0 aromatic carbocycles. The van der Waals surface area contributed by atoms with Gasteiger partial charge in [-0.2, -0.15) is 0 Å². The van der Waals surface area contributed by atoms with Crippen LogP contribution in [0.3, 0.4) is 0 Å². The first-order chi connectivity index (χ1) is 6.74. The summed E-state index contributed by atoms with van der Waals surface area (Å²) in [5.41, 5.74) is 0.0772. The monoisotopic (exact) mass is 232 g/mol. The van der Waals surface area contributed by atoms with Crippen molar-refractivity contribution in [2.75, 3.05) is 11.6 Å². The fourth-order valence-electron chi connectivity index (χ4n) is 0.823. The highest BCUT2D eigenvalue weighted by molar-refractivity contribution is 7.99. The number of rotatable bonds is 5. The third kappa shape index (κ3) is 3.51. The van der Waals surface area contributed by atoms with Gasteiger partial charge >= 0.3 is 0 Å². The molecule has 1 rings (SSSR count). The summed E-state index contributed by atoms with van der Waals surface area (Å²) in [5.74, 6) is 1.43. The summed E-state index contributed by atoms with van der Waals surface area (Å²) in [5, 5.41) is 11.1. The predicted octanol–water partition coefficient (Wildman–Crippen LogP) is 2.71. The van der Waals surface area contributed by atoms with E-state index in [2.05, 4.69) is 4.98 Å². The van der Waals surface area contributed by atoms with Crippen LogP contribution in [0.1, 0.15) is 6.42 Å². The highest BCUT2D eigenvalue weighted by atomic mass is 35.5. The summed E-state index contributed by atoms with van der Waals surface area (Å²) in [6, 6.07) is 2.85. The van der Waals surface area contributed by atoms with Crippen LogP contribution in [0.2, 0.25) is 0 Å².